The molecular weight excluding hydrogens is 452 g/mol. The molecule has 0 saturated carbocycles. The number of hydrogen-bond acceptors (Lipinski definition) is 7. The molecule has 0 spiro atoms. The second-order valence-electron chi connectivity index (χ2n) is 9.16. The minimum Gasteiger partial charge on any atom is -0.454 e. The summed E-state index contributed by atoms with van der Waals surface area (Å²) in [5.41, 5.74) is 1.56. The van der Waals surface area contributed by atoms with E-state index in [0.29, 0.717) is 44.6 Å². The quantitative estimate of drug-likeness (QED) is 0.478. The average Bonchev–Trinajstić information content (AvgIpc) is 3.36. The Morgan fingerprint density at radius 3 is 2.26 bits per heavy atom. The average molecular weight is 481 g/mol. The molecule has 10 nitrogen and oxygen atoms in total. The molecule has 2 aromatic rings. The van der Waals surface area contributed by atoms with Crippen molar-refractivity contribution in [3.05, 3.63) is 63.7 Å². The lowest BCUT2D eigenvalue weighted by Gasteiger charge is -2.38. The van der Waals surface area contributed by atoms with Crippen LogP contribution in [-0.4, -0.2) is 77.5 Å². The monoisotopic (exact) mass is 480 g/mol. The molecule has 184 valence electrons. The van der Waals surface area contributed by atoms with E-state index in [2.05, 4.69) is 11.0 Å². The summed E-state index contributed by atoms with van der Waals surface area (Å²) in [5.74, 6) is 1.52. The third-order valence-electron chi connectivity index (χ3n) is 6.98. The number of nitro groups is 1. The van der Waals surface area contributed by atoms with E-state index >= 15 is 0 Å². The van der Waals surface area contributed by atoms with Crippen LogP contribution in [0.4, 0.5) is 5.69 Å². The molecule has 5 rings (SSSR count). The fourth-order valence-corrected chi connectivity index (χ4v) is 4.92. The first kappa shape index (κ1) is 23.1. The lowest BCUT2D eigenvalue weighted by Crippen LogP contribution is -2.51. The molecule has 3 heterocycles. The number of ether oxygens (including phenoxy) is 2. The molecule has 2 saturated heterocycles. The minimum atomic E-state index is -0.484. The third-order valence-corrected chi connectivity index (χ3v) is 6.98. The number of fused-ring (bicyclic) bond motifs is 1. The largest absolute Gasteiger partial charge is 0.454 e. The van der Waals surface area contributed by atoms with Crippen LogP contribution >= 0.6 is 0 Å². The summed E-state index contributed by atoms with van der Waals surface area (Å²) in [7, 11) is 0. The summed E-state index contributed by atoms with van der Waals surface area (Å²) in [4.78, 5) is 42.2. The molecule has 10 heteroatoms. The molecule has 0 N–H and O–H groups in total. The van der Waals surface area contributed by atoms with Gasteiger partial charge in [-0.1, -0.05) is 6.07 Å². The maximum Gasteiger partial charge on any atom is 0.269 e. The molecule has 0 atom stereocenters. The Morgan fingerprint density at radius 1 is 0.886 bits per heavy atom. The van der Waals surface area contributed by atoms with Crippen LogP contribution in [0.1, 0.15) is 28.8 Å². The molecule has 3 aliphatic heterocycles. The summed E-state index contributed by atoms with van der Waals surface area (Å²) in [5, 5.41) is 10.8. The van der Waals surface area contributed by atoms with Crippen molar-refractivity contribution in [3.8, 4) is 11.5 Å². The summed E-state index contributed by atoms with van der Waals surface area (Å²) in [6, 6.07) is 11.7. The molecule has 0 aromatic heterocycles. The summed E-state index contributed by atoms with van der Waals surface area (Å²) >= 11 is 0. The highest BCUT2D eigenvalue weighted by atomic mass is 16.7. The van der Waals surface area contributed by atoms with E-state index in [1.807, 2.05) is 17.0 Å². The standard InChI is InChI=1S/C25H28N4O6/c30-24(19-2-4-21(5-3-19)29(32)33)27-9-7-20(8-10-27)25(31)28-13-11-26(12-14-28)16-18-1-6-22-23(15-18)35-17-34-22/h1-6,15,20H,7-14,16-17H2. The van der Waals surface area contributed by atoms with Crippen molar-refractivity contribution in [2.75, 3.05) is 46.1 Å². The first-order valence-corrected chi connectivity index (χ1v) is 11.9. The predicted octanol–water partition coefficient (Wildman–Crippen LogP) is 2.52. The second kappa shape index (κ2) is 9.91. The van der Waals surface area contributed by atoms with Gasteiger partial charge in [0.1, 0.15) is 0 Å². The molecule has 35 heavy (non-hydrogen) atoms. The fourth-order valence-electron chi connectivity index (χ4n) is 4.92. The van der Waals surface area contributed by atoms with Gasteiger partial charge < -0.3 is 19.3 Å². The zero-order valence-electron chi connectivity index (χ0n) is 19.4. The van der Waals surface area contributed by atoms with Crippen molar-refractivity contribution in [2.45, 2.75) is 19.4 Å². The number of benzene rings is 2. The van der Waals surface area contributed by atoms with Crippen molar-refractivity contribution in [2.24, 2.45) is 5.92 Å². The lowest BCUT2D eigenvalue weighted by atomic mass is 9.94. The van der Waals surface area contributed by atoms with Crippen LogP contribution in [0.3, 0.4) is 0 Å². The highest BCUT2D eigenvalue weighted by Gasteiger charge is 2.32. The number of amides is 2. The topological polar surface area (TPSA) is 105 Å². The normalized spacial score (nSPS) is 18.5. The zero-order valence-corrected chi connectivity index (χ0v) is 19.4. The van der Waals surface area contributed by atoms with Crippen LogP contribution in [0, 0.1) is 16.0 Å². The van der Waals surface area contributed by atoms with Crippen LogP contribution in [0.2, 0.25) is 0 Å². The number of piperidine rings is 1. The molecule has 3 aliphatic rings. The number of nitro benzene ring substituents is 1. The summed E-state index contributed by atoms with van der Waals surface area (Å²) < 4.78 is 10.8. The first-order chi connectivity index (χ1) is 17.0. The number of carbonyl (C=O) groups excluding carboxylic acids is 2. The summed E-state index contributed by atoms with van der Waals surface area (Å²) in [6.07, 6.45) is 1.27. The Morgan fingerprint density at radius 2 is 1.57 bits per heavy atom. The second-order valence-corrected chi connectivity index (χ2v) is 9.16. The number of non-ortho nitro benzene ring substituents is 1. The van der Waals surface area contributed by atoms with Gasteiger partial charge in [0.05, 0.1) is 4.92 Å². The number of likely N-dealkylation sites (tertiary alicyclic amines) is 1. The van der Waals surface area contributed by atoms with Gasteiger partial charge in [-0.25, -0.2) is 0 Å². The first-order valence-electron chi connectivity index (χ1n) is 11.9. The third kappa shape index (κ3) is 5.07. The van der Waals surface area contributed by atoms with E-state index in [9.17, 15) is 19.7 Å². The Balaban J connectivity index is 1.08. The van der Waals surface area contributed by atoms with Gasteiger partial charge in [0.15, 0.2) is 11.5 Å². The van der Waals surface area contributed by atoms with Crippen LogP contribution < -0.4 is 9.47 Å². The highest BCUT2D eigenvalue weighted by molar-refractivity contribution is 5.94. The molecular formula is C25H28N4O6. The SMILES string of the molecule is O=C(c1ccc([N+](=O)[O-])cc1)N1CCC(C(=O)N2CCN(Cc3ccc4c(c3)OCO4)CC2)CC1. The van der Waals surface area contributed by atoms with Crippen molar-refractivity contribution < 1.29 is 24.0 Å². The molecule has 2 fully saturated rings. The van der Waals surface area contributed by atoms with Gasteiger partial charge in [-0.15, -0.1) is 0 Å². The maximum absolute atomic E-state index is 13.1. The zero-order chi connectivity index (χ0) is 24.4. The number of piperazine rings is 1. The Hall–Kier alpha value is -3.66. The van der Waals surface area contributed by atoms with Gasteiger partial charge in [-0.2, -0.15) is 0 Å². The van der Waals surface area contributed by atoms with Gasteiger partial charge in [0.2, 0.25) is 12.7 Å². The van der Waals surface area contributed by atoms with Gasteiger partial charge >= 0.3 is 0 Å². The van der Waals surface area contributed by atoms with E-state index in [1.165, 1.54) is 29.8 Å². The van der Waals surface area contributed by atoms with Gasteiger partial charge in [-0.3, -0.25) is 24.6 Å². The minimum absolute atomic E-state index is 0.0400. The Bertz CT molecular complexity index is 1110. The van der Waals surface area contributed by atoms with Crippen LogP contribution in [0.15, 0.2) is 42.5 Å². The van der Waals surface area contributed by atoms with Crippen molar-refractivity contribution in [1.29, 1.82) is 0 Å². The lowest BCUT2D eigenvalue weighted by molar-refractivity contribution is -0.384. The van der Waals surface area contributed by atoms with Crippen molar-refractivity contribution >= 4 is 17.5 Å². The number of carbonyl (C=O) groups is 2. The molecule has 0 bridgehead atoms. The van der Waals surface area contributed by atoms with E-state index in [1.54, 1.807) is 4.90 Å². The van der Waals surface area contributed by atoms with E-state index < -0.39 is 4.92 Å². The Labute approximate surface area is 203 Å². The van der Waals surface area contributed by atoms with Crippen LogP contribution in [0.25, 0.3) is 0 Å². The van der Waals surface area contributed by atoms with Crippen molar-refractivity contribution in [3.63, 3.8) is 0 Å². The number of nitrogens with zero attached hydrogens (tertiary/aromatic N) is 4. The molecule has 0 unspecified atom stereocenters. The molecule has 2 aromatic carbocycles. The smallest absolute Gasteiger partial charge is 0.269 e. The number of rotatable bonds is 5. The highest BCUT2D eigenvalue weighted by Crippen LogP contribution is 2.33. The van der Waals surface area contributed by atoms with E-state index in [4.69, 9.17) is 9.47 Å². The van der Waals surface area contributed by atoms with Gasteiger partial charge in [0, 0.05) is 69.4 Å². The summed E-state index contributed by atoms with van der Waals surface area (Å²) in [6.45, 7) is 5.13. The van der Waals surface area contributed by atoms with Crippen LogP contribution in [-0.2, 0) is 11.3 Å². The predicted molar refractivity (Wildman–Crippen MR) is 126 cm³/mol. The maximum atomic E-state index is 13.1. The molecule has 2 amide bonds. The van der Waals surface area contributed by atoms with E-state index in [-0.39, 0.29) is 30.2 Å². The number of hydrogen-bond donors (Lipinski definition) is 0. The van der Waals surface area contributed by atoms with Gasteiger partial charge in [-0.05, 0) is 42.7 Å². The molecule has 0 aliphatic carbocycles. The Kier molecular flexibility index (Phi) is 6.54. The fraction of sp³-hybridized carbons (Fsp3) is 0.440. The van der Waals surface area contributed by atoms with E-state index in [0.717, 1.165) is 31.1 Å². The van der Waals surface area contributed by atoms with Gasteiger partial charge in [0.25, 0.3) is 11.6 Å². The van der Waals surface area contributed by atoms with Crippen molar-refractivity contribution in [1.82, 2.24) is 14.7 Å². The van der Waals surface area contributed by atoms with Crippen LogP contribution in [0.5, 0.6) is 11.5 Å². The molecule has 0 radical (unpaired) electrons.